The quantitative estimate of drug-likeness (QED) is 0.310. The molecule has 1 aromatic heterocycles. The van der Waals surface area contributed by atoms with Gasteiger partial charge in [-0.25, -0.2) is 9.78 Å². The van der Waals surface area contributed by atoms with Gasteiger partial charge in [0.1, 0.15) is 0 Å². The molecule has 2 aromatic carbocycles. The Morgan fingerprint density at radius 2 is 1.86 bits per heavy atom. The highest BCUT2D eigenvalue weighted by molar-refractivity contribution is 7.16. The summed E-state index contributed by atoms with van der Waals surface area (Å²) < 4.78 is 0. The Kier molecular flexibility index (Phi) is 7.60. The molecule has 0 spiro atoms. The van der Waals surface area contributed by atoms with E-state index in [1.54, 1.807) is 0 Å². The molecule has 188 valence electrons. The Morgan fingerprint density at radius 1 is 1.17 bits per heavy atom. The molecule has 1 aliphatic rings. The molecule has 2 N–H and O–H groups in total. The minimum absolute atomic E-state index is 0.0891. The lowest BCUT2D eigenvalue weighted by atomic mass is 9.84. The third kappa shape index (κ3) is 5.83. The first-order chi connectivity index (χ1) is 16.9. The van der Waals surface area contributed by atoms with E-state index in [-0.39, 0.29) is 32.5 Å². The molecule has 3 aromatic rings. The van der Waals surface area contributed by atoms with E-state index >= 15 is 0 Å². The first kappa shape index (κ1) is 26.4. The van der Waals surface area contributed by atoms with Crippen LogP contribution in [0.4, 0.5) is 5.13 Å². The molecule has 0 aliphatic heterocycles. The molecular formula is C28H28Cl2N2O3S. The molecule has 5 nitrogen and oxygen atoms in total. The average molecular weight is 544 g/mol. The van der Waals surface area contributed by atoms with Crippen molar-refractivity contribution in [3.8, 4) is 11.3 Å². The molecule has 0 atom stereocenters. The summed E-state index contributed by atoms with van der Waals surface area (Å²) in [6.07, 6.45) is 5.40. The minimum atomic E-state index is -1.07. The molecule has 1 heterocycles. The second-order valence-corrected chi connectivity index (χ2v) is 12.1. The van der Waals surface area contributed by atoms with Crippen molar-refractivity contribution in [2.75, 3.05) is 5.32 Å². The van der Waals surface area contributed by atoms with Gasteiger partial charge in [-0.15, -0.1) is 11.3 Å². The first-order valence-corrected chi connectivity index (χ1v) is 13.3. The van der Waals surface area contributed by atoms with E-state index in [0.717, 1.165) is 41.8 Å². The van der Waals surface area contributed by atoms with Gasteiger partial charge in [-0.1, -0.05) is 62.2 Å². The monoisotopic (exact) mass is 542 g/mol. The topological polar surface area (TPSA) is 79.3 Å². The number of nitrogens with zero attached hydrogens (tertiary/aromatic N) is 1. The van der Waals surface area contributed by atoms with Gasteiger partial charge in [-0.05, 0) is 67.4 Å². The maximum absolute atomic E-state index is 13.0. The fourth-order valence-corrected chi connectivity index (χ4v) is 5.79. The Morgan fingerprint density at radius 3 is 2.50 bits per heavy atom. The number of aromatic nitrogens is 1. The van der Waals surface area contributed by atoms with Crippen molar-refractivity contribution in [2.45, 2.75) is 53.4 Å². The Balaban J connectivity index is 1.57. The van der Waals surface area contributed by atoms with Crippen LogP contribution in [0.15, 0.2) is 35.9 Å². The van der Waals surface area contributed by atoms with E-state index < -0.39 is 5.97 Å². The Hall–Kier alpha value is -2.67. The number of carbonyl (C=O) groups excluding carboxylic acids is 1. The number of benzene rings is 2. The van der Waals surface area contributed by atoms with Gasteiger partial charge < -0.3 is 5.11 Å². The highest BCUT2D eigenvalue weighted by Crippen LogP contribution is 2.40. The standard InChI is InChI=1S/C28H28Cl2N2O3S/c1-15(26(34)35)12-20-21(29)13-17(14-22(20)30)25(33)32-27-31-24-19-7-5-6-16(10-11-28(2,3)4)18(19)8-9-23(24)36-27/h5-7,12-14H,8-11H2,1-4H3,(H,34,35)(H,31,32,33). The zero-order chi connectivity index (χ0) is 26.2. The Labute approximate surface area is 225 Å². The van der Waals surface area contributed by atoms with Crippen LogP contribution in [0.2, 0.25) is 10.0 Å². The van der Waals surface area contributed by atoms with E-state index in [2.05, 4.69) is 44.3 Å². The maximum atomic E-state index is 13.0. The van der Waals surface area contributed by atoms with Crippen molar-refractivity contribution in [3.05, 3.63) is 73.1 Å². The number of carbonyl (C=O) groups is 2. The Bertz CT molecular complexity index is 1360. The summed E-state index contributed by atoms with van der Waals surface area (Å²) in [7, 11) is 0. The van der Waals surface area contributed by atoms with Crippen molar-refractivity contribution in [3.63, 3.8) is 0 Å². The predicted octanol–water partition coefficient (Wildman–Crippen LogP) is 7.93. The largest absolute Gasteiger partial charge is 0.478 e. The van der Waals surface area contributed by atoms with Crippen LogP contribution in [0, 0.1) is 5.41 Å². The third-order valence-corrected chi connectivity index (χ3v) is 7.89. The molecule has 4 rings (SSSR count). The van der Waals surface area contributed by atoms with Gasteiger partial charge >= 0.3 is 5.97 Å². The average Bonchev–Trinajstić information content (AvgIpc) is 3.22. The fourth-order valence-electron chi connectivity index (χ4n) is 4.22. The molecule has 0 saturated carbocycles. The first-order valence-electron chi connectivity index (χ1n) is 11.8. The van der Waals surface area contributed by atoms with Crippen molar-refractivity contribution in [1.82, 2.24) is 4.98 Å². The summed E-state index contributed by atoms with van der Waals surface area (Å²) >= 11 is 14.1. The van der Waals surface area contributed by atoms with E-state index in [1.807, 2.05) is 0 Å². The van der Waals surface area contributed by atoms with Gasteiger partial charge in [0.25, 0.3) is 5.91 Å². The van der Waals surface area contributed by atoms with Gasteiger partial charge in [0.05, 0.1) is 15.7 Å². The lowest BCUT2D eigenvalue weighted by molar-refractivity contribution is -0.132. The number of aliphatic carboxylic acids is 1. The van der Waals surface area contributed by atoms with Gasteiger partial charge in [0.15, 0.2) is 5.13 Å². The number of anilines is 1. The lowest BCUT2D eigenvalue weighted by Crippen LogP contribution is -2.12. The molecule has 0 radical (unpaired) electrons. The number of nitrogens with one attached hydrogen (secondary N) is 1. The van der Waals surface area contributed by atoms with Crippen LogP contribution < -0.4 is 5.32 Å². The molecule has 0 saturated heterocycles. The number of fused-ring (bicyclic) bond motifs is 3. The molecular weight excluding hydrogens is 515 g/mol. The summed E-state index contributed by atoms with van der Waals surface area (Å²) in [5, 5.41) is 12.9. The summed E-state index contributed by atoms with van der Waals surface area (Å²) in [6, 6.07) is 9.39. The van der Waals surface area contributed by atoms with Crippen molar-refractivity contribution >= 4 is 57.6 Å². The fraction of sp³-hybridized carbons (Fsp3) is 0.321. The molecule has 1 amide bonds. The van der Waals surface area contributed by atoms with Gasteiger partial charge in [0, 0.05) is 27.1 Å². The number of rotatable bonds is 6. The zero-order valence-electron chi connectivity index (χ0n) is 20.7. The smallest absolute Gasteiger partial charge is 0.331 e. The number of halogens is 2. The minimum Gasteiger partial charge on any atom is -0.478 e. The molecule has 0 unspecified atom stereocenters. The van der Waals surface area contributed by atoms with Crippen LogP contribution >= 0.6 is 34.5 Å². The van der Waals surface area contributed by atoms with Crippen LogP contribution in [-0.2, 0) is 24.1 Å². The lowest BCUT2D eigenvalue weighted by Gasteiger charge is -2.22. The molecule has 36 heavy (non-hydrogen) atoms. The number of amides is 1. The normalized spacial score (nSPS) is 13.2. The zero-order valence-corrected chi connectivity index (χ0v) is 23.0. The summed E-state index contributed by atoms with van der Waals surface area (Å²) in [5.74, 6) is -1.45. The van der Waals surface area contributed by atoms with Crippen LogP contribution in [-0.4, -0.2) is 22.0 Å². The van der Waals surface area contributed by atoms with E-state index in [9.17, 15) is 9.59 Å². The molecule has 1 aliphatic carbocycles. The molecule has 8 heteroatoms. The summed E-state index contributed by atoms with van der Waals surface area (Å²) in [4.78, 5) is 30.0. The van der Waals surface area contributed by atoms with Crippen LogP contribution in [0.3, 0.4) is 0 Å². The number of hydrogen-bond donors (Lipinski definition) is 2. The summed E-state index contributed by atoms with van der Waals surface area (Å²) in [5.41, 5.74) is 5.82. The third-order valence-electron chi connectivity index (χ3n) is 6.23. The van der Waals surface area contributed by atoms with E-state index in [0.29, 0.717) is 10.7 Å². The number of aryl methyl sites for hydroxylation is 2. The second-order valence-electron chi connectivity index (χ2n) is 10.2. The maximum Gasteiger partial charge on any atom is 0.331 e. The van der Waals surface area contributed by atoms with Crippen LogP contribution in [0.25, 0.3) is 17.3 Å². The van der Waals surface area contributed by atoms with E-state index in [1.165, 1.54) is 47.6 Å². The van der Waals surface area contributed by atoms with Gasteiger partial charge in [0.2, 0.25) is 0 Å². The van der Waals surface area contributed by atoms with E-state index in [4.69, 9.17) is 33.3 Å². The van der Waals surface area contributed by atoms with Crippen molar-refractivity contribution in [1.29, 1.82) is 0 Å². The number of hydrogen-bond acceptors (Lipinski definition) is 4. The molecule has 0 fully saturated rings. The summed E-state index contributed by atoms with van der Waals surface area (Å²) in [6.45, 7) is 8.23. The van der Waals surface area contributed by atoms with Crippen molar-refractivity contribution in [2.24, 2.45) is 5.41 Å². The number of carboxylic acid groups (broad SMARTS) is 1. The van der Waals surface area contributed by atoms with Gasteiger partial charge in [-0.3, -0.25) is 10.1 Å². The van der Waals surface area contributed by atoms with Crippen LogP contribution in [0.5, 0.6) is 0 Å². The van der Waals surface area contributed by atoms with Crippen molar-refractivity contribution < 1.29 is 14.7 Å². The number of carboxylic acids is 1. The van der Waals surface area contributed by atoms with Crippen LogP contribution in [0.1, 0.15) is 66.0 Å². The highest BCUT2D eigenvalue weighted by atomic mass is 35.5. The molecule has 0 bridgehead atoms. The highest BCUT2D eigenvalue weighted by Gasteiger charge is 2.24. The second kappa shape index (κ2) is 10.4. The predicted molar refractivity (Wildman–Crippen MR) is 148 cm³/mol. The van der Waals surface area contributed by atoms with Gasteiger partial charge in [-0.2, -0.15) is 0 Å². The number of thiazole rings is 1. The SMILES string of the molecule is CC(=Cc1c(Cl)cc(C(=O)Nc2nc3c(s2)CCc2c(CCC(C)(C)C)cccc2-3)cc1Cl)C(=O)O.